The Kier molecular flexibility index (Phi) is 7.31. The number of H-pyrrole nitrogens is 1. The summed E-state index contributed by atoms with van der Waals surface area (Å²) in [4.78, 5) is 38.7. The van der Waals surface area contributed by atoms with E-state index in [4.69, 9.17) is 0 Å². The number of nitrogens with one attached hydrogen (secondary N) is 3. The van der Waals surface area contributed by atoms with Crippen molar-refractivity contribution in [1.82, 2.24) is 25.6 Å². The van der Waals surface area contributed by atoms with Gasteiger partial charge in [0.25, 0.3) is 5.91 Å². The van der Waals surface area contributed by atoms with E-state index in [9.17, 15) is 9.59 Å². The van der Waals surface area contributed by atoms with Crippen LogP contribution in [0.5, 0.6) is 0 Å². The number of pyridine rings is 1. The molecule has 1 atom stereocenters. The first-order valence-corrected chi connectivity index (χ1v) is 12.2. The van der Waals surface area contributed by atoms with Crippen molar-refractivity contribution in [3.05, 3.63) is 120 Å². The summed E-state index contributed by atoms with van der Waals surface area (Å²) >= 11 is 0. The Hall–Kier alpha value is -4.78. The van der Waals surface area contributed by atoms with Gasteiger partial charge in [0, 0.05) is 24.5 Å². The number of rotatable bonds is 9. The fourth-order valence-electron chi connectivity index (χ4n) is 4.23. The van der Waals surface area contributed by atoms with Crippen LogP contribution in [0.3, 0.4) is 0 Å². The average molecular weight is 490 g/mol. The van der Waals surface area contributed by atoms with Crippen LogP contribution in [0.25, 0.3) is 22.4 Å². The van der Waals surface area contributed by atoms with E-state index in [1.807, 2.05) is 78.9 Å². The molecule has 7 heteroatoms. The van der Waals surface area contributed by atoms with Crippen molar-refractivity contribution >= 4 is 22.8 Å². The maximum atomic E-state index is 13.4. The highest BCUT2D eigenvalue weighted by Crippen LogP contribution is 2.22. The molecule has 3 aromatic carbocycles. The number of amides is 2. The summed E-state index contributed by atoms with van der Waals surface area (Å²) in [5.74, 6) is 0.0880. The van der Waals surface area contributed by atoms with Crippen molar-refractivity contribution in [2.75, 3.05) is 0 Å². The van der Waals surface area contributed by atoms with Gasteiger partial charge in [0.05, 0.1) is 11.1 Å². The van der Waals surface area contributed by atoms with Crippen LogP contribution in [0, 0.1) is 0 Å². The normalized spacial score (nSPS) is 11.7. The maximum Gasteiger partial charge on any atom is 0.254 e. The lowest BCUT2D eigenvalue weighted by Gasteiger charge is -2.19. The largest absolute Gasteiger partial charge is 0.350 e. The lowest BCUT2D eigenvalue weighted by molar-refractivity contribution is -0.123. The van der Waals surface area contributed by atoms with E-state index in [0.29, 0.717) is 36.3 Å². The highest BCUT2D eigenvalue weighted by molar-refractivity contribution is 6.06. The van der Waals surface area contributed by atoms with Crippen molar-refractivity contribution in [3.8, 4) is 11.4 Å². The number of carbonyl (C=O) groups excluding carboxylic acids is 2. The van der Waals surface area contributed by atoms with Crippen LogP contribution in [0.4, 0.5) is 0 Å². The molecule has 0 saturated carbocycles. The quantitative estimate of drug-likeness (QED) is 0.280. The van der Waals surface area contributed by atoms with Gasteiger partial charge in [-0.05, 0) is 48.2 Å². The molecule has 0 aliphatic rings. The van der Waals surface area contributed by atoms with E-state index in [2.05, 4.69) is 25.6 Å². The number of nitrogens with zero attached hydrogens (tertiary/aromatic N) is 2. The Morgan fingerprint density at radius 3 is 2.24 bits per heavy atom. The predicted octanol–water partition coefficient (Wildman–Crippen LogP) is 4.67. The van der Waals surface area contributed by atoms with E-state index >= 15 is 0 Å². The summed E-state index contributed by atoms with van der Waals surface area (Å²) in [6.07, 6.45) is 4.52. The molecule has 0 saturated heterocycles. The van der Waals surface area contributed by atoms with Crippen molar-refractivity contribution in [3.63, 3.8) is 0 Å². The second-order valence-corrected chi connectivity index (χ2v) is 8.78. The first-order chi connectivity index (χ1) is 18.2. The molecule has 2 heterocycles. The fraction of sp³-hybridized carbons (Fsp3) is 0.133. The van der Waals surface area contributed by atoms with E-state index in [0.717, 1.165) is 22.2 Å². The second kappa shape index (κ2) is 11.3. The minimum atomic E-state index is -0.703. The lowest BCUT2D eigenvalue weighted by Crippen LogP contribution is -2.46. The van der Waals surface area contributed by atoms with Gasteiger partial charge in [0.2, 0.25) is 5.91 Å². The van der Waals surface area contributed by atoms with Crippen LogP contribution in [0.1, 0.15) is 27.9 Å². The third kappa shape index (κ3) is 5.90. The molecule has 0 radical (unpaired) electrons. The first kappa shape index (κ1) is 23.9. The molecule has 0 fully saturated rings. The predicted molar refractivity (Wildman–Crippen MR) is 144 cm³/mol. The monoisotopic (exact) mass is 489 g/mol. The molecule has 3 N–H and O–H groups in total. The molecule has 5 aromatic rings. The smallest absolute Gasteiger partial charge is 0.254 e. The standard InChI is InChI=1S/C30H27N5O2/c36-29(24-12-7-13-25-27(24)35-28(33-25)23-16-18-31-19-17-23)34-26(15-14-21-8-3-1-4-9-21)30(37)32-20-22-10-5-2-6-11-22/h1-13,16-19,26H,14-15,20H2,(H,32,37)(H,33,35)(H,34,36)/t26-/m1/s1. The lowest BCUT2D eigenvalue weighted by atomic mass is 10.0. The van der Waals surface area contributed by atoms with Gasteiger partial charge in [0.15, 0.2) is 0 Å². The van der Waals surface area contributed by atoms with Crippen LogP contribution in [0.2, 0.25) is 0 Å². The Morgan fingerprint density at radius 2 is 1.51 bits per heavy atom. The summed E-state index contributed by atoms with van der Waals surface area (Å²) < 4.78 is 0. The van der Waals surface area contributed by atoms with Crippen LogP contribution in [-0.2, 0) is 17.8 Å². The highest BCUT2D eigenvalue weighted by Gasteiger charge is 2.23. The number of aromatic nitrogens is 3. The first-order valence-electron chi connectivity index (χ1n) is 12.2. The number of fused-ring (bicyclic) bond motifs is 1. The van der Waals surface area contributed by atoms with Crippen molar-refractivity contribution < 1.29 is 9.59 Å². The fourth-order valence-corrected chi connectivity index (χ4v) is 4.23. The molecule has 184 valence electrons. The van der Waals surface area contributed by atoms with Gasteiger partial charge in [0.1, 0.15) is 17.4 Å². The summed E-state index contributed by atoms with van der Waals surface area (Å²) in [5, 5.41) is 5.94. The van der Waals surface area contributed by atoms with Gasteiger partial charge < -0.3 is 15.6 Å². The average Bonchev–Trinajstić information content (AvgIpc) is 3.40. The third-order valence-corrected chi connectivity index (χ3v) is 6.21. The Morgan fingerprint density at radius 1 is 0.811 bits per heavy atom. The van der Waals surface area contributed by atoms with E-state index < -0.39 is 6.04 Å². The molecule has 0 bridgehead atoms. The van der Waals surface area contributed by atoms with E-state index in [1.165, 1.54) is 0 Å². The van der Waals surface area contributed by atoms with E-state index in [-0.39, 0.29) is 11.8 Å². The number of carbonyl (C=O) groups is 2. The molecular weight excluding hydrogens is 462 g/mol. The molecule has 0 aliphatic carbocycles. The van der Waals surface area contributed by atoms with Gasteiger partial charge >= 0.3 is 0 Å². The summed E-state index contributed by atoms with van der Waals surface area (Å²) in [5.41, 5.74) is 4.68. The number of benzene rings is 3. The van der Waals surface area contributed by atoms with Crippen LogP contribution >= 0.6 is 0 Å². The van der Waals surface area contributed by atoms with Crippen molar-refractivity contribution in [1.29, 1.82) is 0 Å². The minimum Gasteiger partial charge on any atom is -0.350 e. The molecule has 0 aliphatic heterocycles. The van der Waals surface area contributed by atoms with Crippen LogP contribution in [0.15, 0.2) is 103 Å². The minimum absolute atomic E-state index is 0.222. The van der Waals surface area contributed by atoms with Crippen LogP contribution < -0.4 is 10.6 Å². The van der Waals surface area contributed by atoms with Gasteiger partial charge in [-0.2, -0.15) is 0 Å². The Bertz CT molecular complexity index is 1480. The second-order valence-electron chi connectivity index (χ2n) is 8.78. The zero-order valence-corrected chi connectivity index (χ0v) is 20.2. The summed E-state index contributed by atoms with van der Waals surface area (Å²) in [7, 11) is 0. The molecule has 0 spiro atoms. The topological polar surface area (TPSA) is 99.8 Å². The number of para-hydroxylation sites is 1. The highest BCUT2D eigenvalue weighted by atomic mass is 16.2. The van der Waals surface area contributed by atoms with E-state index in [1.54, 1.807) is 24.5 Å². The van der Waals surface area contributed by atoms with Gasteiger partial charge in [-0.3, -0.25) is 14.6 Å². The number of aryl methyl sites for hydroxylation is 1. The SMILES string of the molecule is O=C(N[C@H](CCc1ccccc1)C(=O)NCc1ccccc1)c1cccc2[nH]c(-c3ccncc3)nc12. The van der Waals surface area contributed by atoms with Gasteiger partial charge in [-0.1, -0.05) is 66.7 Å². The van der Waals surface area contributed by atoms with Crippen molar-refractivity contribution in [2.24, 2.45) is 0 Å². The summed E-state index contributed by atoms with van der Waals surface area (Å²) in [6.45, 7) is 0.390. The zero-order valence-electron chi connectivity index (χ0n) is 20.2. The molecule has 0 unspecified atom stereocenters. The van der Waals surface area contributed by atoms with Crippen molar-refractivity contribution in [2.45, 2.75) is 25.4 Å². The molecule has 7 nitrogen and oxygen atoms in total. The third-order valence-electron chi connectivity index (χ3n) is 6.21. The maximum absolute atomic E-state index is 13.4. The van der Waals surface area contributed by atoms with Crippen LogP contribution in [-0.4, -0.2) is 32.8 Å². The Balaban J connectivity index is 1.36. The van der Waals surface area contributed by atoms with Gasteiger partial charge in [-0.25, -0.2) is 4.98 Å². The number of hydrogen-bond acceptors (Lipinski definition) is 4. The molecule has 5 rings (SSSR count). The number of hydrogen-bond donors (Lipinski definition) is 3. The number of imidazole rings is 1. The molecule has 2 amide bonds. The zero-order chi connectivity index (χ0) is 25.5. The molecule has 37 heavy (non-hydrogen) atoms. The summed E-state index contributed by atoms with van der Waals surface area (Å²) in [6, 6.07) is 28.1. The van der Waals surface area contributed by atoms with Gasteiger partial charge in [-0.15, -0.1) is 0 Å². The molecule has 2 aromatic heterocycles. The molecular formula is C30H27N5O2. The number of aromatic amines is 1. The Labute approximate surface area is 215 Å².